The molecule has 4 rings (SSSR count). The van der Waals surface area contributed by atoms with Crippen molar-refractivity contribution in [1.29, 1.82) is 0 Å². The molecule has 2 N–H and O–H groups in total. The molecule has 29 heavy (non-hydrogen) atoms. The summed E-state index contributed by atoms with van der Waals surface area (Å²) in [5.74, 6) is 0.743. The maximum Gasteiger partial charge on any atom is 0.329 e. The smallest absolute Gasteiger partial charge is 0.329 e. The number of hydrogen-bond acceptors (Lipinski definition) is 6. The van der Waals surface area contributed by atoms with Crippen molar-refractivity contribution >= 4 is 29.3 Å². The Kier molecular flexibility index (Phi) is 4.29. The first-order chi connectivity index (χ1) is 13.6. The first kappa shape index (κ1) is 19.2. The minimum atomic E-state index is -1.06. The van der Waals surface area contributed by atoms with Crippen molar-refractivity contribution in [2.45, 2.75) is 52.6 Å². The van der Waals surface area contributed by atoms with Crippen LogP contribution < -0.4 is 10.2 Å². The molecule has 154 valence electrons. The molecule has 1 atom stereocenters. The van der Waals surface area contributed by atoms with Gasteiger partial charge in [-0.1, -0.05) is 13.8 Å². The van der Waals surface area contributed by atoms with Crippen molar-refractivity contribution < 1.29 is 9.90 Å². The molecule has 0 spiro atoms. The lowest BCUT2D eigenvalue weighted by Crippen LogP contribution is -2.49. The second kappa shape index (κ2) is 6.47. The van der Waals surface area contributed by atoms with E-state index in [0.29, 0.717) is 42.4 Å². The zero-order chi connectivity index (χ0) is 21.0. The lowest BCUT2D eigenvalue weighted by molar-refractivity contribution is -0.142. The molecule has 0 aromatic carbocycles. The Hall–Kier alpha value is -3.10. The average molecular weight is 397 g/mol. The first-order valence-corrected chi connectivity index (χ1v) is 9.76. The minimum absolute atomic E-state index is 0.158. The van der Waals surface area contributed by atoms with Gasteiger partial charge in [0.05, 0.1) is 6.33 Å². The fourth-order valence-electron chi connectivity index (χ4n) is 4.09. The van der Waals surface area contributed by atoms with E-state index in [0.717, 1.165) is 0 Å². The molecule has 1 unspecified atom stereocenters. The van der Waals surface area contributed by atoms with Gasteiger partial charge >= 0.3 is 5.97 Å². The summed E-state index contributed by atoms with van der Waals surface area (Å²) >= 11 is 0. The molecule has 9 heteroatoms. The lowest BCUT2D eigenvalue weighted by Gasteiger charge is -2.31. The van der Waals surface area contributed by atoms with Crippen molar-refractivity contribution in [3.63, 3.8) is 0 Å². The number of rotatable bonds is 5. The summed E-state index contributed by atoms with van der Waals surface area (Å²) in [4.78, 5) is 27.7. The van der Waals surface area contributed by atoms with Gasteiger partial charge in [0.1, 0.15) is 11.2 Å². The third-order valence-corrected chi connectivity index (χ3v) is 5.52. The van der Waals surface area contributed by atoms with Crippen LogP contribution in [0.25, 0.3) is 5.65 Å². The predicted molar refractivity (Wildman–Crippen MR) is 111 cm³/mol. The van der Waals surface area contributed by atoms with Gasteiger partial charge in [-0.05, 0) is 44.7 Å². The third kappa shape index (κ3) is 3.30. The summed E-state index contributed by atoms with van der Waals surface area (Å²) in [5.41, 5.74) is -0.530. The number of aromatic nitrogens is 5. The molecule has 1 fully saturated rings. The highest BCUT2D eigenvalue weighted by molar-refractivity contribution is 5.83. The van der Waals surface area contributed by atoms with Crippen LogP contribution >= 0.6 is 0 Å². The number of carboxylic acids is 1. The molecule has 1 aliphatic heterocycles. The fourth-order valence-corrected chi connectivity index (χ4v) is 4.09. The van der Waals surface area contributed by atoms with Crippen LogP contribution in [0.15, 0.2) is 30.9 Å². The quantitative estimate of drug-likeness (QED) is 0.681. The molecule has 1 saturated heterocycles. The predicted octanol–water partition coefficient (Wildman–Crippen LogP) is 3.33. The largest absolute Gasteiger partial charge is 0.480 e. The van der Waals surface area contributed by atoms with Crippen LogP contribution in [-0.4, -0.2) is 47.1 Å². The van der Waals surface area contributed by atoms with Crippen molar-refractivity contribution in [3.8, 4) is 0 Å². The molecule has 3 aromatic rings. The monoisotopic (exact) mass is 397 g/mol. The van der Waals surface area contributed by atoms with Crippen LogP contribution in [0, 0.1) is 5.41 Å². The number of aliphatic carboxylic acids is 1. The van der Waals surface area contributed by atoms with Gasteiger partial charge in [0, 0.05) is 25.0 Å². The van der Waals surface area contributed by atoms with Crippen LogP contribution in [0.5, 0.6) is 0 Å². The summed E-state index contributed by atoms with van der Waals surface area (Å²) in [6, 6.07) is 4.06. The van der Waals surface area contributed by atoms with E-state index < -0.39 is 11.5 Å². The van der Waals surface area contributed by atoms with Crippen LogP contribution in [0.1, 0.15) is 47.1 Å². The van der Waals surface area contributed by atoms with E-state index in [-0.39, 0.29) is 5.41 Å². The Labute approximate surface area is 169 Å². The maximum atomic E-state index is 12.1. The van der Waals surface area contributed by atoms with Crippen molar-refractivity contribution in [2.24, 2.45) is 5.41 Å². The average Bonchev–Trinajstić information content (AvgIpc) is 3.32. The summed E-state index contributed by atoms with van der Waals surface area (Å²) in [5, 5.41) is 13.2. The SMILES string of the molecule is CC(C)n1cnc(Nc2nc(N3CC(C)(C)CC3(C)C(=O)O)nc3cccn23)c1. The first-order valence-electron chi connectivity index (χ1n) is 9.76. The number of carbonyl (C=O) groups is 1. The third-order valence-electron chi connectivity index (χ3n) is 5.52. The highest BCUT2D eigenvalue weighted by Crippen LogP contribution is 2.43. The van der Waals surface area contributed by atoms with Gasteiger partial charge in [-0.15, -0.1) is 0 Å². The normalized spacial score (nSPS) is 21.2. The molecule has 0 bridgehead atoms. The van der Waals surface area contributed by atoms with Crippen molar-refractivity contribution in [1.82, 2.24) is 23.9 Å². The van der Waals surface area contributed by atoms with E-state index in [1.807, 2.05) is 33.5 Å². The second-order valence-corrected chi connectivity index (χ2v) is 9.01. The Morgan fingerprint density at radius 2 is 2.03 bits per heavy atom. The molecule has 4 heterocycles. The van der Waals surface area contributed by atoms with E-state index in [9.17, 15) is 9.90 Å². The summed E-state index contributed by atoms with van der Waals surface area (Å²) in [6.07, 6.45) is 6.08. The van der Waals surface area contributed by atoms with Crippen LogP contribution in [-0.2, 0) is 4.79 Å². The molecule has 0 radical (unpaired) electrons. The zero-order valence-electron chi connectivity index (χ0n) is 17.4. The molecular weight excluding hydrogens is 370 g/mol. The fraction of sp³-hybridized carbons (Fsp3) is 0.500. The topological polar surface area (TPSA) is 101 Å². The van der Waals surface area contributed by atoms with E-state index in [4.69, 9.17) is 4.98 Å². The van der Waals surface area contributed by atoms with Gasteiger partial charge in [0.25, 0.3) is 0 Å². The number of imidazole rings is 1. The highest BCUT2D eigenvalue weighted by atomic mass is 16.4. The van der Waals surface area contributed by atoms with Gasteiger partial charge < -0.3 is 19.9 Å². The summed E-state index contributed by atoms with van der Waals surface area (Å²) in [7, 11) is 0. The molecule has 0 aliphatic carbocycles. The van der Waals surface area contributed by atoms with Crippen molar-refractivity contribution in [2.75, 3.05) is 16.8 Å². The van der Waals surface area contributed by atoms with Crippen molar-refractivity contribution in [3.05, 3.63) is 30.9 Å². The van der Waals surface area contributed by atoms with Crippen LogP contribution in [0.2, 0.25) is 0 Å². The number of nitrogens with one attached hydrogen (secondary N) is 1. The van der Waals surface area contributed by atoms with Crippen LogP contribution in [0.3, 0.4) is 0 Å². The Morgan fingerprint density at radius 1 is 1.28 bits per heavy atom. The molecule has 0 amide bonds. The summed E-state index contributed by atoms with van der Waals surface area (Å²) < 4.78 is 3.83. The van der Waals surface area contributed by atoms with E-state index in [1.54, 1.807) is 18.2 Å². The van der Waals surface area contributed by atoms with E-state index >= 15 is 0 Å². The molecule has 0 saturated carbocycles. The van der Waals surface area contributed by atoms with Gasteiger partial charge in [-0.2, -0.15) is 9.97 Å². The Morgan fingerprint density at radius 3 is 2.69 bits per heavy atom. The molecule has 1 aliphatic rings. The number of carboxylic acid groups (broad SMARTS) is 1. The Balaban J connectivity index is 1.77. The van der Waals surface area contributed by atoms with E-state index in [2.05, 4.69) is 43.0 Å². The second-order valence-electron chi connectivity index (χ2n) is 9.01. The lowest BCUT2D eigenvalue weighted by atomic mass is 9.85. The van der Waals surface area contributed by atoms with Gasteiger partial charge in [0.15, 0.2) is 5.82 Å². The molecular formula is C20H27N7O2. The van der Waals surface area contributed by atoms with E-state index in [1.165, 1.54) is 0 Å². The maximum absolute atomic E-state index is 12.1. The standard InChI is InChI=1S/C20H27N7O2/c1-13(2)25-9-14(21-12-25)22-17-24-18(23-15-7-6-8-26(15)17)27-11-19(3,4)10-20(27,5)16(28)29/h6-9,12-13H,10-11H2,1-5H3,(H,28,29)(H,22,23,24). The van der Waals surface area contributed by atoms with Gasteiger partial charge in [-0.3, -0.25) is 4.40 Å². The number of fused-ring (bicyclic) bond motifs is 1. The number of anilines is 3. The zero-order valence-corrected chi connectivity index (χ0v) is 17.4. The Bertz CT molecular complexity index is 1070. The van der Waals surface area contributed by atoms with Gasteiger partial charge in [-0.25, -0.2) is 9.78 Å². The summed E-state index contributed by atoms with van der Waals surface area (Å²) in [6.45, 7) is 10.6. The number of nitrogens with zero attached hydrogens (tertiary/aromatic N) is 6. The van der Waals surface area contributed by atoms with Crippen LogP contribution in [0.4, 0.5) is 17.7 Å². The van der Waals surface area contributed by atoms with Gasteiger partial charge in [0.2, 0.25) is 11.9 Å². The molecule has 3 aromatic heterocycles. The molecule has 9 nitrogen and oxygen atoms in total. The number of hydrogen-bond donors (Lipinski definition) is 2. The highest BCUT2D eigenvalue weighted by Gasteiger charge is 2.52. The minimum Gasteiger partial charge on any atom is -0.480 e.